The molecule has 0 saturated heterocycles. The molecule has 0 bridgehead atoms. The summed E-state index contributed by atoms with van der Waals surface area (Å²) in [4.78, 5) is 10.2. The Morgan fingerprint density at radius 1 is 1.55 bits per heavy atom. The Hall–Kier alpha value is -1.32. The number of nitrogens with zero attached hydrogens (tertiary/aromatic N) is 5. The fourth-order valence-electron chi connectivity index (χ4n) is 0.516. The fraction of sp³-hybridized carbons (Fsp3) is 0.200. The molecule has 1 aromatic heterocycles. The molecular weight excluding hydrogens is 166 g/mol. The normalized spacial score (nSPS) is 8.82. The van der Waals surface area contributed by atoms with Gasteiger partial charge in [0.2, 0.25) is 0 Å². The van der Waals surface area contributed by atoms with Crippen LogP contribution in [0.2, 0.25) is 5.02 Å². The minimum absolute atomic E-state index is 0.160. The van der Waals surface area contributed by atoms with Crippen LogP contribution in [0.5, 0.6) is 0 Å². The number of azide groups is 1. The van der Waals surface area contributed by atoms with Gasteiger partial charge < -0.3 is 0 Å². The smallest absolute Gasteiger partial charge is 0.134 e. The maximum atomic E-state index is 7.96. The summed E-state index contributed by atoms with van der Waals surface area (Å²) in [5.74, 6) is 0.465. The molecule has 0 radical (unpaired) electrons. The van der Waals surface area contributed by atoms with Gasteiger partial charge in [0.1, 0.15) is 5.82 Å². The lowest BCUT2D eigenvalue weighted by atomic mass is 10.5. The number of halogens is 1. The maximum absolute atomic E-state index is 7.96. The highest BCUT2D eigenvalue weighted by Gasteiger charge is 1.92. The van der Waals surface area contributed by atoms with Gasteiger partial charge in [-0.25, -0.2) is 9.97 Å². The summed E-state index contributed by atoms with van der Waals surface area (Å²) >= 11 is 5.52. The van der Waals surface area contributed by atoms with Crippen LogP contribution in [-0.2, 0) is 6.54 Å². The number of hydrogen-bond donors (Lipinski definition) is 0. The molecule has 0 aromatic carbocycles. The van der Waals surface area contributed by atoms with Crippen molar-refractivity contribution in [3.63, 3.8) is 0 Å². The first-order valence-corrected chi connectivity index (χ1v) is 3.18. The van der Waals surface area contributed by atoms with Gasteiger partial charge >= 0.3 is 0 Å². The number of aromatic nitrogens is 2. The van der Waals surface area contributed by atoms with Crippen LogP contribution in [0, 0.1) is 0 Å². The summed E-state index contributed by atoms with van der Waals surface area (Å²) in [6, 6.07) is 0. The zero-order valence-corrected chi connectivity index (χ0v) is 6.23. The van der Waals surface area contributed by atoms with Gasteiger partial charge in [-0.1, -0.05) is 16.7 Å². The third kappa shape index (κ3) is 2.41. The van der Waals surface area contributed by atoms with E-state index in [0.717, 1.165) is 0 Å². The highest BCUT2D eigenvalue weighted by atomic mass is 35.5. The van der Waals surface area contributed by atoms with E-state index >= 15 is 0 Å². The molecule has 1 aromatic rings. The summed E-state index contributed by atoms with van der Waals surface area (Å²) in [6.07, 6.45) is 2.91. The molecule has 0 atom stereocenters. The second kappa shape index (κ2) is 3.75. The second-order valence-electron chi connectivity index (χ2n) is 1.71. The van der Waals surface area contributed by atoms with Gasteiger partial charge in [-0.3, -0.25) is 0 Å². The molecule has 0 fully saturated rings. The predicted octanol–water partition coefficient (Wildman–Crippen LogP) is 1.94. The first-order valence-electron chi connectivity index (χ1n) is 2.80. The molecule has 1 rings (SSSR count). The zero-order valence-electron chi connectivity index (χ0n) is 5.48. The second-order valence-corrected chi connectivity index (χ2v) is 2.14. The van der Waals surface area contributed by atoms with Gasteiger partial charge in [0, 0.05) is 17.3 Å². The summed E-state index contributed by atoms with van der Waals surface area (Å²) < 4.78 is 0. The Kier molecular flexibility index (Phi) is 2.66. The minimum Gasteiger partial charge on any atom is -0.240 e. The molecule has 0 aliphatic carbocycles. The molecule has 1 heterocycles. The lowest BCUT2D eigenvalue weighted by molar-refractivity contribution is 0.900. The Labute approximate surface area is 67.7 Å². The summed E-state index contributed by atoms with van der Waals surface area (Å²) in [6.45, 7) is 0.160. The van der Waals surface area contributed by atoms with E-state index in [0.29, 0.717) is 10.8 Å². The van der Waals surface area contributed by atoms with Crippen molar-refractivity contribution < 1.29 is 0 Å². The van der Waals surface area contributed by atoms with E-state index in [1.165, 1.54) is 12.4 Å². The highest BCUT2D eigenvalue weighted by molar-refractivity contribution is 6.30. The Morgan fingerprint density at radius 2 is 2.18 bits per heavy atom. The van der Waals surface area contributed by atoms with Crippen molar-refractivity contribution >= 4 is 11.6 Å². The van der Waals surface area contributed by atoms with E-state index in [-0.39, 0.29) is 6.54 Å². The highest BCUT2D eigenvalue weighted by Crippen LogP contribution is 2.02. The first kappa shape index (κ1) is 7.78. The van der Waals surface area contributed by atoms with Gasteiger partial charge in [-0.15, -0.1) is 0 Å². The summed E-state index contributed by atoms with van der Waals surface area (Å²) in [5, 5.41) is 3.75. The SMILES string of the molecule is [N-]=[N+]=NCc1ncc(Cl)cn1. The third-order valence-electron chi connectivity index (χ3n) is 0.949. The zero-order chi connectivity index (χ0) is 8.10. The van der Waals surface area contributed by atoms with E-state index < -0.39 is 0 Å². The standard InChI is InChI=1S/C5H4ClN5/c6-4-1-8-5(9-2-4)3-10-11-7/h1-2H,3H2. The van der Waals surface area contributed by atoms with Gasteiger partial charge in [0.15, 0.2) is 0 Å². The van der Waals surface area contributed by atoms with Crippen LogP contribution in [0.4, 0.5) is 0 Å². The van der Waals surface area contributed by atoms with E-state index in [1.54, 1.807) is 0 Å². The number of rotatable bonds is 2. The summed E-state index contributed by atoms with van der Waals surface area (Å²) in [5.41, 5.74) is 7.96. The van der Waals surface area contributed by atoms with Gasteiger partial charge in [-0.05, 0) is 5.53 Å². The van der Waals surface area contributed by atoms with Crippen LogP contribution in [0.25, 0.3) is 10.4 Å². The number of hydrogen-bond acceptors (Lipinski definition) is 3. The van der Waals surface area contributed by atoms with E-state index in [1.807, 2.05) is 0 Å². The molecule has 0 spiro atoms. The topological polar surface area (TPSA) is 74.5 Å². The van der Waals surface area contributed by atoms with Crippen molar-refractivity contribution in [1.82, 2.24) is 9.97 Å². The molecule has 0 aliphatic heterocycles. The van der Waals surface area contributed by atoms with Gasteiger partial charge in [-0.2, -0.15) is 0 Å². The molecule has 11 heavy (non-hydrogen) atoms. The molecule has 0 saturated carbocycles. The Bertz CT molecular complexity index is 275. The van der Waals surface area contributed by atoms with Crippen molar-refractivity contribution in [2.24, 2.45) is 5.11 Å². The quantitative estimate of drug-likeness (QED) is 0.385. The Morgan fingerprint density at radius 3 is 2.73 bits per heavy atom. The average molecular weight is 170 g/mol. The van der Waals surface area contributed by atoms with Crippen molar-refractivity contribution in [2.75, 3.05) is 0 Å². The molecule has 0 aliphatic rings. The van der Waals surface area contributed by atoms with E-state index in [4.69, 9.17) is 17.1 Å². The van der Waals surface area contributed by atoms with Crippen molar-refractivity contribution in [1.29, 1.82) is 0 Å². The predicted molar refractivity (Wildman–Crippen MR) is 39.9 cm³/mol. The molecule has 6 heteroatoms. The van der Waals surface area contributed by atoms with E-state index in [9.17, 15) is 0 Å². The lowest BCUT2D eigenvalue weighted by Gasteiger charge is -1.91. The van der Waals surface area contributed by atoms with Crippen LogP contribution in [-0.4, -0.2) is 9.97 Å². The van der Waals surface area contributed by atoms with E-state index in [2.05, 4.69) is 20.0 Å². The maximum Gasteiger partial charge on any atom is 0.134 e. The van der Waals surface area contributed by atoms with Gasteiger partial charge in [0.25, 0.3) is 0 Å². The molecule has 0 amide bonds. The fourth-order valence-corrected chi connectivity index (χ4v) is 0.613. The van der Waals surface area contributed by atoms with Crippen LogP contribution < -0.4 is 0 Å². The average Bonchev–Trinajstić information content (AvgIpc) is 2.04. The van der Waals surface area contributed by atoms with Crippen LogP contribution in [0.1, 0.15) is 5.82 Å². The summed E-state index contributed by atoms with van der Waals surface area (Å²) in [7, 11) is 0. The molecule has 0 unspecified atom stereocenters. The van der Waals surface area contributed by atoms with Crippen LogP contribution in [0.15, 0.2) is 17.5 Å². The van der Waals surface area contributed by atoms with Crippen molar-refractivity contribution in [3.8, 4) is 0 Å². The largest absolute Gasteiger partial charge is 0.240 e. The Balaban J connectivity index is 2.73. The van der Waals surface area contributed by atoms with Crippen LogP contribution >= 0.6 is 11.6 Å². The molecule has 56 valence electrons. The molecule has 5 nitrogen and oxygen atoms in total. The van der Waals surface area contributed by atoms with Crippen molar-refractivity contribution in [3.05, 3.63) is 33.7 Å². The molecular formula is C5H4ClN5. The first-order chi connectivity index (χ1) is 5.33. The molecule has 0 N–H and O–H groups in total. The monoisotopic (exact) mass is 169 g/mol. The minimum atomic E-state index is 0.160. The van der Waals surface area contributed by atoms with Gasteiger partial charge in [0.05, 0.1) is 11.6 Å². The third-order valence-corrected chi connectivity index (χ3v) is 1.14. The van der Waals surface area contributed by atoms with Crippen LogP contribution in [0.3, 0.4) is 0 Å². The lowest BCUT2D eigenvalue weighted by Crippen LogP contribution is -1.90. The van der Waals surface area contributed by atoms with Crippen molar-refractivity contribution in [2.45, 2.75) is 6.54 Å².